The van der Waals surface area contributed by atoms with E-state index in [9.17, 15) is 5.11 Å². The molecule has 0 bridgehead atoms. The quantitative estimate of drug-likeness (QED) is 0.865. The van der Waals surface area contributed by atoms with Crippen molar-refractivity contribution < 1.29 is 19.3 Å². The molecule has 27 heavy (non-hydrogen) atoms. The zero-order valence-corrected chi connectivity index (χ0v) is 16.5. The zero-order chi connectivity index (χ0) is 19.1. The van der Waals surface area contributed by atoms with Crippen molar-refractivity contribution in [2.75, 3.05) is 33.9 Å². The number of phenolic OH excluding ortho intramolecular Hbond substituents is 1. The van der Waals surface area contributed by atoms with Crippen LogP contribution in [0, 0.1) is 0 Å². The maximum absolute atomic E-state index is 10.9. The lowest BCUT2D eigenvalue weighted by Crippen LogP contribution is -2.36. The Labute approximate surface area is 160 Å². The van der Waals surface area contributed by atoms with Crippen molar-refractivity contribution in [3.63, 3.8) is 0 Å². The van der Waals surface area contributed by atoms with E-state index in [1.165, 1.54) is 11.1 Å². The van der Waals surface area contributed by atoms with Gasteiger partial charge >= 0.3 is 0 Å². The Morgan fingerprint density at radius 1 is 1.15 bits per heavy atom. The second kappa shape index (κ2) is 6.97. The summed E-state index contributed by atoms with van der Waals surface area (Å²) < 4.78 is 17.3. The first-order valence-corrected chi connectivity index (χ1v) is 9.65. The van der Waals surface area contributed by atoms with Gasteiger partial charge in [-0.25, -0.2) is 0 Å². The summed E-state index contributed by atoms with van der Waals surface area (Å²) in [5.74, 6) is 2.32. The topological polar surface area (TPSA) is 51.2 Å². The fourth-order valence-corrected chi connectivity index (χ4v) is 4.49. The zero-order valence-electron chi connectivity index (χ0n) is 16.5. The molecule has 4 rings (SSSR count). The number of benzene rings is 2. The highest BCUT2D eigenvalue weighted by Crippen LogP contribution is 2.54. The van der Waals surface area contributed by atoms with Gasteiger partial charge in [-0.05, 0) is 62.6 Å². The van der Waals surface area contributed by atoms with E-state index in [-0.39, 0.29) is 11.8 Å². The maximum atomic E-state index is 10.9. The lowest BCUT2D eigenvalue weighted by molar-refractivity contribution is 0.220. The summed E-state index contributed by atoms with van der Waals surface area (Å²) in [6, 6.07) is 6.23. The third-order valence-corrected chi connectivity index (χ3v) is 5.69. The van der Waals surface area contributed by atoms with Crippen molar-refractivity contribution in [2.24, 2.45) is 0 Å². The number of hydrogen-bond donors (Lipinski definition) is 1. The Balaban J connectivity index is 2.03. The number of hydrogen-bond acceptors (Lipinski definition) is 5. The van der Waals surface area contributed by atoms with Crippen molar-refractivity contribution >= 4 is 0 Å². The number of rotatable bonds is 5. The normalized spacial score (nSPS) is 17.9. The third-order valence-electron chi connectivity index (χ3n) is 5.69. The standard InChI is InChI=1S/C22H27NO4/c1-5-26-18-12-15-19-13(7-8-17(25-4)21(19)24)11-16-20(15)14(9-10-23(16)3)22(18)27-6-2/h7-8,12,16,24H,5-6,9-11H2,1-4H3/t16-/m1/s1. The molecule has 0 aromatic heterocycles. The molecule has 1 atom stereocenters. The second-order valence-electron chi connectivity index (χ2n) is 7.11. The van der Waals surface area contributed by atoms with Crippen molar-refractivity contribution in [1.29, 1.82) is 0 Å². The highest BCUT2D eigenvalue weighted by Gasteiger charge is 2.37. The Hall–Kier alpha value is -2.40. The summed E-state index contributed by atoms with van der Waals surface area (Å²) in [6.45, 7) is 6.12. The van der Waals surface area contributed by atoms with Gasteiger partial charge in [0.25, 0.3) is 0 Å². The minimum absolute atomic E-state index is 0.204. The van der Waals surface area contributed by atoms with E-state index >= 15 is 0 Å². The van der Waals surface area contributed by atoms with Gasteiger partial charge < -0.3 is 19.3 Å². The summed E-state index contributed by atoms with van der Waals surface area (Å²) in [7, 11) is 3.75. The molecule has 144 valence electrons. The van der Waals surface area contributed by atoms with Crippen LogP contribution in [0.5, 0.6) is 23.0 Å². The number of nitrogens with zero attached hydrogens (tertiary/aromatic N) is 1. The SMILES string of the molecule is CCOc1cc2c3c(c1OCC)CCN(C)[C@@H]3Cc1ccc(OC)c(O)c1-2. The molecule has 1 N–H and O–H groups in total. The van der Waals surface area contributed by atoms with Crippen LogP contribution in [0.25, 0.3) is 11.1 Å². The van der Waals surface area contributed by atoms with Crippen LogP contribution in [-0.4, -0.2) is 43.9 Å². The summed E-state index contributed by atoms with van der Waals surface area (Å²) in [5, 5.41) is 10.9. The molecule has 5 heteroatoms. The van der Waals surface area contributed by atoms with Gasteiger partial charge in [0.15, 0.2) is 23.0 Å². The highest BCUT2D eigenvalue weighted by atomic mass is 16.5. The molecule has 0 saturated heterocycles. The van der Waals surface area contributed by atoms with E-state index in [1.807, 2.05) is 26.0 Å². The number of aromatic hydroxyl groups is 1. The molecule has 0 fully saturated rings. The minimum Gasteiger partial charge on any atom is -0.504 e. The van der Waals surface area contributed by atoms with Crippen LogP contribution in [0.3, 0.4) is 0 Å². The Kier molecular flexibility index (Phi) is 4.64. The number of ether oxygens (including phenoxy) is 3. The molecule has 5 nitrogen and oxygen atoms in total. The predicted octanol–water partition coefficient (Wildman–Crippen LogP) is 3.95. The van der Waals surface area contributed by atoms with Crippen LogP contribution in [0.1, 0.15) is 36.6 Å². The fraction of sp³-hybridized carbons (Fsp3) is 0.455. The Morgan fingerprint density at radius 2 is 1.93 bits per heavy atom. The fourth-order valence-electron chi connectivity index (χ4n) is 4.49. The van der Waals surface area contributed by atoms with Crippen LogP contribution in [-0.2, 0) is 12.8 Å². The van der Waals surface area contributed by atoms with Gasteiger partial charge in [-0.2, -0.15) is 0 Å². The largest absolute Gasteiger partial charge is 0.504 e. The molecule has 0 amide bonds. The molecule has 0 spiro atoms. The molecule has 0 saturated carbocycles. The average molecular weight is 369 g/mol. The molecule has 2 aromatic carbocycles. The first kappa shape index (κ1) is 18.0. The van der Waals surface area contributed by atoms with Gasteiger partial charge in [0, 0.05) is 23.7 Å². The minimum atomic E-state index is 0.204. The summed E-state index contributed by atoms with van der Waals surface area (Å²) in [6.07, 6.45) is 1.77. The maximum Gasteiger partial charge on any atom is 0.165 e. The van der Waals surface area contributed by atoms with Crippen molar-refractivity contribution in [3.05, 3.63) is 34.9 Å². The van der Waals surface area contributed by atoms with Crippen LogP contribution in [0.2, 0.25) is 0 Å². The van der Waals surface area contributed by atoms with Gasteiger partial charge in [-0.3, -0.25) is 4.90 Å². The Morgan fingerprint density at radius 3 is 2.63 bits per heavy atom. The lowest BCUT2D eigenvalue weighted by Gasteiger charge is -2.41. The van der Waals surface area contributed by atoms with Crippen LogP contribution in [0.15, 0.2) is 18.2 Å². The predicted molar refractivity (Wildman–Crippen MR) is 105 cm³/mol. The van der Waals surface area contributed by atoms with Gasteiger partial charge in [0.1, 0.15) is 0 Å². The Bertz CT molecular complexity index is 877. The van der Waals surface area contributed by atoms with Crippen LogP contribution in [0.4, 0.5) is 0 Å². The van der Waals surface area contributed by atoms with Gasteiger partial charge in [0.2, 0.25) is 0 Å². The van der Waals surface area contributed by atoms with Gasteiger partial charge in [-0.15, -0.1) is 0 Å². The van der Waals surface area contributed by atoms with E-state index in [4.69, 9.17) is 14.2 Å². The number of phenols is 1. The smallest absolute Gasteiger partial charge is 0.165 e. The van der Waals surface area contributed by atoms with Gasteiger partial charge in [0.05, 0.1) is 20.3 Å². The van der Waals surface area contributed by atoms with E-state index in [1.54, 1.807) is 7.11 Å². The molecular weight excluding hydrogens is 342 g/mol. The van der Waals surface area contributed by atoms with Crippen molar-refractivity contribution in [3.8, 4) is 34.1 Å². The molecular formula is C22H27NO4. The van der Waals surface area contributed by atoms with Crippen molar-refractivity contribution in [1.82, 2.24) is 4.90 Å². The summed E-state index contributed by atoms with van der Waals surface area (Å²) in [5.41, 5.74) is 5.50. The summed E-state index contributed by atoms with van der Waals surface area (Å²) >= 11 is 0. The van der Waals surface area contributed by atoms with Crippen LogP contribution < -0.4 is 14.2 Å². The van der Waals surface area contributed by atoms with E-state index < -0.39 is 0 Å². The molecule has 1 heterocycles. The lowest BCUT2D eigenvalue weighted by atomic mass is 9.76. The van der Waals surface area contributed by atoms with E-state index in [0.717, 1.165) is 47.6 Å². The number of likely N-dealkylation sites (N-methyl/N-ethyl adjacent to an activating group) is 1. The third kappa shape index (κ3) is 2.72. The van der Waals surface area contributed by atoms with E-state index in [2.05, 4.69) is 18.0 Å². The summed E-state index contributed by atoms with van der Waals surface area (Å²) in [4.78, 5) is 2.39. The average Bonchev–Trinajstić information content (AvgIpc) is 2.66. The number of fused-ring (bicyclic) bond motifs is 2. The monoisotopic (exact) mass is 369 g/mol. The number of methoxy groups -OCH3 is 1. The molecule has 0 radical (unpaired) electrons. The highest BCUT2D eigenvalue weighted by molar-refractivity contribution is 5.84. The molecule has 1 aliphatic heterocycles. The molecule has 2 aliphatic rings. The second-order valence-corrected chi connectivity index (χ2v) is 7.11. The first-order chi connectivity index (χ1) is 13.1. The van der Waals surface area contributed by atoms with E-state index in [0.29, 0.717) is 19.0 Å². The van der Waals surface area contributed by atoms with Crippen molar-refractivity contribution in [2.45, 2.75) is 32.7 Å². The van der Waals surface area contributed by atoms with Crippen LogP contribution >= 0.6 is 0 Å². The molecule has 0 unspecified atom stereocenters. The molecule has 2 aromatic rings. The van der Waals surface area contributed by atoms with Gasteiger partial charge in [-0.1, -0.05) is 6.07 Å². The first-order valence-electron chi connectivity index (χ1n) is 9.65. The molecule has 1 aliphatic carbocycles.